The van der Waals surface area contributed by atoms with Crippen LogP contribution in [0.4, 0.5) is 4.79 Å². The van der Waals surface area contributed by atoms with Crippen LogP contribution in [0.3, 0.4) is 0 Å². The second-order valence-corrected chi connectivity index (χ2v) is 8.02. The van der Waals surface area contributed by atoms with Crippen molar-refractivity contribution in [2.45, 2.75) is 31.7 Å². The number of hydrogen-bond acceptors (Lipinski definition) is 4. The second kappa shape index (κ2) is 13.4. The Morgan fingerprint density at radius 2 is 1.46 bits per heavy atom. The highest BCUT2D eigenvalue weighted by Gasteiger charge is 2.27. The van der Waals surface area contributed by atoms with Crippen molar-refractivity contribution in [2.24, 2.45) is 0 Å². The van der Waals surface area contributed by atoms with Gasteiger partial charge >= 0.3 is 18.2 Å². The number of carbonyl (C=O) groups excluding carboxylic acids is 2. The average molecular weight is 473 g/mol. The molecule has 0 aromatic heterocycles. The summed E-state index contributed by atoms with van der Waals surface area (Å²) in [4.78, 5) is 29.3. The number of nitrogens with one attached hydrogen (secondary N) is 1. The van der Waals surface area contributed by atoms with Crippen molar-refractivity contribution in [1.82, 2.24) is 10.2 Å². The van der Waals surface area contributed by atoms with Crippen molar-refractivity contribution in [3.05, 3.63) is 113 Å². The van der Waals surface area contributed by atoms with Crippen molar-refractivity contribution in [3.63, 3.8) is 0 Å². The predicted octanol–water partition coefficient (Wildman–Crippen LogP) is 3.21. The maximum Gasteiger partial charge on any atom is 0.407 e. The summed E-state index contributed by atoms with van der Waals surface area (Å²) >= 11 is 0. The van der Waals surface area contributed by atoms with Crippen LogP contribution >= 0.6 is 0 Å². The highest BCUT2D eigenvalue weighted by molar-refractivity contribution is 6.23. The molecule has 3 rings (SSSR count). The molecule has 8 heteroatoms. The van der Waals surface area contributed by atoms with Crippen molar-refractivity contribution in [1.29, 1.82) is 0 Å². The van der Waals surface area contributed by atoms with Gasteiger partial charge in [0.2, 0.25) is 0 Å². The third kappa shape index (κ3) is 8.55. The van der Waals surface area contributed by atoms with E-state index in [0.717, 1.165) is 22.9 Å². The van der Waals surface area contributed by atoms with E-state index in [1.807, 2.05) is 91.0 Å². The monoisotopic (exact) mass is 472 g/mol. The zero-order chi connectivity index (χ0) is 24.9. The van der Waals surface area contributed by atoms with Crippen molar-refractivity contribution in [3.8, 4) is 0 Å². The lowest BCUT2D eigenvalue weighted by Gasteiger charge is -2.29. The Balaban J connectivity index is 1.72. The molecule has 0 bridgehead atoms. The number of benzene rings is 3. The van der Waals surface area contributed by atoms with Gasteiger partial charge in [0, 0.05) is 13.1 Å². The van der Waals surface area contributed by atoms with E-state index in [9.17, 15) is 14.7 Å². The summed E-state index contributed by atoms with van der Waals surface area (Å²) in [6.07, 6.45) is -0.696. The Kier molecular flexibility index (Phi) is 9.75. The summed E-state index contributed by atoms with van der Waals surface area (Å²) in [6.45, 7) is 0.182. The highest BCUT2D eigenvalue weighted by Crippen LogP contribution is 2.11. The van der Waals surface area contributed by atoms with Crippen LogP contribution in [0.2, 0.25) is 0 Å². The highest BCUT2D eigenvalue weighted by atomic mass is 16.5. The Labute approximate surface area is 204 Å². The van der Waals surface area contributed by atoms with Crippen LogP contribution in [-0.4, -0.2) is 51.7 Å². The zero-order valence-electron chi connectivity index (χ0n) is 19.2. The molecule has 0 aliphatic carbocycles. The van der Waals surface area contributed by atoms with Crippen molar-refractivity contribution in [2.75, 3.05) is 6.54 Å². The Bertz CT molecular complexity index is 1120. The number of carbonyl (C=O) groups is 2. The zero-order valence-corrected chi connectivity index (χ0v) is 19.2. The number of aliphatic hydroxyl groups is 1. The van der Waals surface area contributed by atoms with Gasteiger partial charge in [0.05, 0.1) is 12.1 Å². The molecule has 0 radical (unpaired) electrons. The SMILES string of the molecule is [N-]=[N+]=CC(=O)N(Cc1ccccc1)C[C@@H](O)[C@H](Cc1ccccc1)NC(=O)OCc1ccccc1. The fourth-order valence-electron chi connectivity index (χ4n) is 3.59. The Morgan fingerprint density at radius 3 is 2.03 bits per heavy atom. The first-order valence-electron chi connectivity index (χ1n) is 11.2. The molecule has 3 aromatic carbocycles. The van der Waals surface area contributed by atoms with E-state index in [-0.39, 0.29) is 19.7 Å². The van der Waals surface area contributed by atoms with Gasteiger partial charge in [-0.3, -0.25) is 4.79 Å². The summed E-state index contributed by atoms with van der Waals surface area (Å²) in [5.74, 6) is -0.569. The van der Waals surface area contributed by atoms with Crippen molar-refractivity contribution < 1.29 is 24.2 Å². The van der Waals surface area contributed by atoms with E-state index in [0.29, 0.717) is 6.42 Å². The topological polar surface area (TPSA) is 115 Å². The van der Waals surface area contributed by atoms with Crippen LogP contribution < -0.4 is 5.32 Å². The first kappa shape index (κ1) is 25.4. The fraction of sp³-hybridized carbons (Fsp3) is 0.222. The molecule has 0 aliphatic heterocycles. The lowest BCUT2D eigenvalue weighted by molar-refractivity contribution is -0.129. The minimum absolute atomic E-state index is 0.0897. The predicted molar refractivity (Wildman–Crippen MR) is 131 cm³/mol. The Hall–Kier alpha value is -4.26. The first-order chi connectivity index (χ1) is 17.0. The van der Waals surface area contributed by atoms with Crippen LogP contribution in [0.25, 0.3) is 5.53 Å². The number of rotatable bonds is 11. The van der Waals surface area contributed by atoms with E-state index in [2.05, 4.69) is 10.1 Å². The van der Waals surface area contributed by atoms with E-state index < -0.39 is 24.1 Å². The number of aliphatic hydroxyl groups excluding tert-OH is 1. The largest absolute Gasteiger partial charge is 0.445 e. The van der Waals surface area contributed by atoms with Gasteiger partial charge < -0.3 is 25.6 Å². The van der Waals surface area contributed by atoms with Gasteiger partial charge in [-0.2, -0.15) is 4.79 Å². The van der Waals surface area contributed by atoms with E-state index in [4.69, 9.17) is 10.3 Å². The molecule has 2 N–H and O–H groups in total. The number of ether oxygens (including phenoxy) is 1. The van der Waals surface area contributed by atoms with Gasteiger partial charge in [-0.1, -0.05) is 91.0 Å². The third-order valence-electron chi connectivity index (χ3n) is 5.38. The summed E-state index contributed by atoms with van der Waals surface area (Å²) in [5, 5.41) is 13.8. The summed E-state index contributed by atoms with van der Waals surface area (Å²) in [5.41, 5.74) is 11.4. The van der Waals surface area contributed by atoms with Crippen LogP contribution in [-0.2, 0) is 29.1 Å². The summed E-state index contributed by atoms with van der Waals surface area (Å²) in [7, 11) is 0. The molecule has 180 valence electrons. The molecular weight excluding hydrogens is 444 g/mol. The van der Waals surface area contributed by atoms with Crippen molar-refractivity contribution >= 4 is 18.2 Å². The number of hydrogen-bond donors (Lipinski definition) is 2. The number of amides is 2. The molecule has 3 aromatic rings. The smallest absolute Gasteiger partial charge is 0.407 e. The van der Waals surface area contributed by atoms with E-state index >= 15 is 0 Å². The molecule has 0 saturated carbocycles. The third-order valence-corrected chi connectivity index (χ3v) is 5.38. The molecule has 2 atom stereocenters. The minimum atomic E-state index is -1.13. The molecule has 0 spiro atoms. The van der Waals surface area contributed by atoms with Gasteiger partial charge in [-0.25, -0.2) is 4.79 Å². The molecule has 0 fully saturated rings. The maximum absolute atomic E-state index is 12.6. The molecule has 2 amide bonds. The molecular formula is C27H28N4O4. The normalized spacial score (nSPS) is 12.0. The van der Waals surface area contributed by atoms with Gasteiger partial charge in [0.15, 0.2) is 0 Å². The van der Waals surface area contributed by atoms with Crippen LogP contribution in [0.1, 0.15) is 16.7 Å². The molecule has 35 heavy (non-hydrogen) atoms. The van der Waals surface area contributed by atoms with Crippen LogP contribution in [0, 0.1) is 0 Å². The van der Waals surface area contributed by atoms with Gasteiger partial charge in [-0.15, -0.1) is 0 Å². The van der Waals surface area contributed by atoms with E-state index in [1.165, 1.54) is 4.90 Å². The average Bonchev–Trinajstić information content (AvgIpc) is 2.88. The number of nitrogens with zero attached hydrogens (tertiary/aromatic N) is 3. The molecule has 0 heterocycles. The number of alkyl carbamates (subject to hydrolysis) is 1. The van der Waals surface area contributed by atoms with E-state index in [1.54, 1.807) is 0 Å². The summed E-state index contributed by atoms with van der Waals surface area (Å²) in [6, 6.07) is 27.2. The lowest BCUT2D eigenvalue weighted by atomic mass is 10.0. The second-order valence-electron chi connectivity index (χ2n) is 8.02. The van der Waals surface area contributed by atoms with Gasteiger partial charge in [-0.05, 0) is 23.1 Å². The molecule has 0 unspecified atom stereocenters. The summed E-state index contributed by atoms with van der Waals surface area (Å²) < 4.78 is 5.34. The van der Waals surface area contributed by atoms with Gasteiger partial charge in [0.1, 0.15) is 6.61 Å². The molecule has 0 aliphatic rings. The molecule has 0 saturated heterocycles. The van der Waals surface area contributed by atoms with Crippen LogP contribution in [0.5, 0.6) is 0 Å². The fourth-order valence-corrected chi connectivity index (χ4v) is 3.59. The maximum atomic E-state index is 12.6. The molecule has 8 nitrogen and oxygen atoms in total. The quantitative estimate of drug-likeness (QED) is 0.253. The first-order valence-corrected chi connectivity index (χ1v) is 11.2. The van der Waals surface area contributed by atoms with Gasteiger partial charge in [0.25, 0.3) is 0 Å². The van der Waals surface area contributed by atoms with Crippen LogP contribution in [0.15, 0.2) is 91.0 Å². The Morgan fingerprint density at radius 1 is 0.914 bits per heavy atom. The lowest BCUT2D eigenvalue weighted by Crippen LogP contribution is -2.50. The standard InChI is InChI=1S/C27H28N4O4/c28-29-17-26(33)31(18-22-12-6-2-7-13-22)19-25(32)24(16-21-10-4-1-5-11-21)30-27(34)35-20-23-14-8-3-9-15-23/h1-15,17,24-25,32H,16,18-20H2,(H,30,34)/t24-,25+/m0/s1. The minimum Gasteiger partial charge on any atom is -0.445 e.